The fourth-order valence-electron chi connectivity index (χ4n) is 1.41. The fourth-order valence-corrected chi connectivity index (χ4v) is 4.33. The Morgan fingerprint density at radius 1 is 1.50 bits per heavy atom. The highest BCUT2D eigenvalue weighted by Gasteiger charge is 2.26. The number of nitrogens with zero attached hydrogens (tertiary/aromatic N) is 1. The van der Waals surface area contributed by atoms with E-state index < -0.39 is 27.8 Å². The van der Waals surface area contributed by atoms with Gasteiger partial charge >= 0.3 is 5.97 Å². The third-order valence-corrected chi connectivity index (χ3v) is 5.87. The number of nitrogens with one attached hydrogen (secondary N) is 1. The van der Waals surface area contributed by atoms with Gasteiger partial charge in [-0.1, -0.05) is 0 Å². The number of carboxylic acid groups (broad SMARTS) is 1. The molecule has 0 amide bonds. The molecular weight excluding hydrogens is 324 g/mol. The standard InChI is InChI=1S/C10H10N2O5S3/c13-7(6-1-2-18-4-6)3-12-20(16,17)10-8(9(14)15)11-5-19-10/h1-2,4-5,7,12-13H,3H2,(H,14,15). The Morgan fingerprint density at radius 2 is 2.25 bits per heavy atom. The minimum absolute atomic E-state index is 0.240. The van der Waals surface area contributed by atoms with Crippen LogP contribution >= 0.6 is 22.7 Å². The van der Waals surface area contributed by atoms with Gasteiger partial charge in [-0.15, -0.1) is 11.3 Å². The van der Waals surface area contributed by atoms with E-state index in [2.05, 4.69) is 9.71 Å². The zero-order valence-electron chi connectivity index (χ0n) is 9.88. The zero-order chi connectivity index (χ0) is 14.8. The summed E-state index contributed by atoms with van der Waals surface area (Å²) in [6, 6.07) is 1.68. The molecule has 0 bridgehead atoms. The maximum atomic E-state index is 12.0. The van der Waals surface area contributed by atoms with Crippen molar-refractivity contribution in [3.8, 4) is 0 Å². The molecule has 2 aromatic rings. The zero-order valence-corrected chi connectivity index (χ0v) is 12.3. The van der Waals surface area contributed by atoms with Crippen LogP contribution in [0.4, 0.5) is 0 Å². The minimum atomic E-state index is -4.01. The van der Waals surface area contributed by atoms with E-state index in [1.54, 1.807) is 16.8 Å². The van der Waals surface area contributed by atoms with Gasteiger partial charge in [-0.05, 0) is 22.4 Å². The molecule has 1 unspecified atom stereocenters. The fraction of sp³-hybridized carbons (Fsp3) is 0.200. The average Bonchev–Trinajstić information content (AvgIpc) is 3.06. The molecule has 2 heterocycles. The van der Waals surface area contributed by atoms with Crippen LogP contribution in [0.3, 0.4) is 0 Å². The van der Waals surface area contributed by atoms with Crippen LogP contribution in [-0.4, -0.2) is 36.1 Å². The van der Waals surface area contributed by atoms with Crippen molar-refractivity contribution in [1.82, 2.24) is 9.71 Å². The van der Waals surface area contributed by atoms with Gasteiger partial charge in [-0.25, -0.2) is 22.9 Å². The van der Waals surface area contributed by atoms with Crippen LogP contribution in [0, 0.1) is 0 Å². The predicted molar refractivity (Wildman–Crippen MR) is 73.5 cm³/mol. The highest BCUT2D eigenvalue weighted by atomic mass is 32.2. The Morgan fingerprint density at radius 3 is 2.85 bits per heavy atom. The molecule has 0 saturated heterocycles. The van der Waals surface area contributed by atoms with E-state index in [0.29, 0.717) is 16.9 Å². The van der Waals surface area contributed by atoms with Gasteiger partial charge in [-0.2, -0.15) is 11.3 Å². The summed E-state index contributed by atoms with van der Waals surface area (Å²) in [5, 5.41) is 22.1. The number of aliphatic hydroxyl groups excluding tert-OH is 1. The molecule has 10 heteroatoms. The van der Waals surface area contributed by atoms with Crippen LogP contribution in [0.1, 0.15) is 22.2 Å². The highest BCUT2D eigenvalue weighted by Crippen LogP contribution is 2.21. The third kappa shape index (κ3) is 3.22. The number of thiazole rings is 1. The number of thiophene rings is 1. The smallest absolute Gasteiger partial charge is 0.356 e. The van der Waals surface area contributed by atoms with Crippen molar-refractivity contribution in [2.24, 2.45) is 0 Å². The predicted octanol–water partition coefficient (Wildman–Crippen LogP) is 0.915. The molecule has 0 aliphatic carbocycles. The molecule has 0 aliphatic heterocycles. The molecule has 20 heavy (non-hydrogen) atoms. The van der Waals surface area contributed by atoms with E-state index >= 15 is 0 Å². The van der Waals surface area contributed by atoms with E-state index in [0.717, 1.165) is 5.51 Å². The van der Waals surface area contributed by atoms with Crippen molar-refractivity contribution in [3.05, 3.63) is 33.6 Å². The second-order valence-electron chi connectivity index (χ2n) is 3.72. The van der Waals surface area contributed by atoms with Crippen molar-refractivity contribution in [2.75, 3.05) is 6.54 Å². The quantitative estimate of drug-likeness (QED) is 0.723. The second kappa shape index (κ2) is 5.97. The van der Waals surface area contributed by atoms with Crippen LogP contribution in [0.15, 0.2) is 26.5 Å². The van der Waals surface area contributed by atoms with E-state index in [-0.39, 0.29) is 10.8 Å². The molecule has 0 aromatic carbocycles. The van der Waals surface area contributed by atoms with Gasteiger partial charge in [0.2, 0.25) is 0 Å². The van der Waals surface area contributed by atoms with Gasteiger partial charge in [0.1, 0.15) is 0 Å². The summed E-state index contributed by atoms with van der Waals surface area (Å²) in [6.45, 7) is -0.240. The molecule has 1 atom stereocenters. The Hall–Kier alpha value is -1.33. The largest absolute Gasteiger partial charge is 0.476 e. The molecule has 0 fully saturated rings. The van der Waals surface area contributed by atoms with Crippen LogP contribution in [0.25, 0.3) is 0 Å². The number of carboxylic acids is 1. The van der Waals surface area contributed by atoms with Gasteiger partial charge in [-0.3, -0.25) is 0 Å². The minimum Gasteiger partial charge on any atom is -0.476 e. The van der Waals surface area contributed by atoms with Crippen molar-refractivity contribution in [1.29, 1.82) is 0 Å². The van der Waals surface area contributed by atoms with Gasteiger partial charge < -0.3 is 10.2 Å². The first-order valence-electron chi connectivity index (χ1n) is 5.28. The molecule has 3 N–H and O–H groups in total. The number of aromatic nitrogens is 1. The maximum Gasteiger partial charge on any atom is 0.356 e. The molecule has 0 radical (unpaired) electrons. The number of hydrogen-bond donors (Lipinski definition) is 3. The van der Waals surface area contributed by atoms with E-state index in [9.17, 15) is 18.3 Å². The Bertz CT molecular complexity index is 692. The Kier molecular flexibility index (Phi) is 4.50. The summed E-state index contributed by atoms with van der Waals surface area (Å²) in [5.41, 5.74) is 1.22. The lowest BCUT2D eigenvalue weighted by Gasteiger charge is -2.10. The summed E-state index contributed by atoms with van der Waals surface area (Å²) < 4.78 is 25.8. The first kappa shape index (κ1) is 15.1. The van der Waals surface area contributed by atoms with Crippen LogP contribution in [0.5, 0.6) is 0 Å². The average molecular weight is 334 g/mol. The lowest BCUT2D eigenvalue weighted by atomic mass is 10.2. The molecule has 0 spiro atoms. The molecule has 2 aromatic heterocycles. The van der Waals surface area contributed by atoms with Crippen LogP contribution in [0.2, 0.25) is 0 Å². The van der Waals surface area contributed by atoms with Crippen molar-refractivity contribution < 1.29 is 23.4 Å². The number of aliphatic hydroxyl groups is 1. The first-order valence-corrected chi connectivity index (χ1v) is 8.59. The molecule has 108 valence electrons. The summed E-state index contributed by atoms with van der Waals surface area (Å²) in [5.74, 6) is -1.41. The summed E-state index contributed by atoms with van der Waals surface area (Å²) >= 11 is 2.09. The highest BCUT2D eigenvalue weighted by molar-refractivity contribution is 7.91. The Labute approximate surface area is 122 Å². The monoisotopic (exact) mass is 334 g/mol. The third-order valence-electron chi connectivity index (χ3n) is 2.38. The maximum absolute atomic E-state index is 12.0. The number of rotatable bonds is 6. The van der Waals surface area contributed by atoms with Gasteiger partial charge in [0.05, 0.1) is 11.6 Å². The normalized spacial score (nSPS) is 13.2. The number of carbonyl (C=O) groups is 1. The summed E-state index contributed by atoms with van der Waals surface area (Å²) in [6.07, 6.45) is -0.989. The first-order chi connectivity index (χ1) is 9.42. The van der Waals surface area contributed by atoms with E-state index in [1.807, 2.05) is 0 Å². The number of aromatic carboxylic acids is 1. The summed E-state index contributed by atoms with van der Waals surface area (Å²) in [7, 11) is -4.01. The van der Waals surface area contributed by atoms with Crippen molar-refractivity contribution >= 4 is 38.7 Å². The van der Waals surface area contributed by atoms with E-state index in [4.69, 9.17) is 5.11 Å². The molecule has 0 saturated carbocycles. The topological polar surface area (TPSA) is 117 Å². The molecule has 0 aliphatic rings. The lowest BCUT2D eigenvalue weighted by Crippen LogP contribution is -2.29. The number of sulfonamides is 1. The molecule has 2 rings (SSSR count). The van der Waals surface area contributed by atoms with Crippen LogP contribution < -0.4 is 4.72 Å². The molecule has 7 nitrogen and oxygen atoms in total. The van der Waals surface area contributed by atoms with Gasteiger partial charge in [0.15, 0.2) is 9.90 Å². The van der Waals surface area contributed by atoms with Crippen molar-refractivity contribution in [3.63, 3.8) is 0 Å². The second-order valence-corrected chi connectivity index (χ2v) is 7.31. The summed E-state index contributed by atoms with van der Waals surface area (Å²) in [4.78, 5) is 14.4. The molecular formula is C10H10N2O5S3. The van der Waals surface area contributed by atoms with Gasteiger partial charge in [0, 0.05) is 6.54 Å². The lowest BCUT2D eigenvalue weighted by molar-refractivity contribution is 0.0687. The SMILES string of the molecule is O=C(O)c1ncsc1S(=O)(=O)NCC(O)c1ccsc1. The van der Waals surface area contributed by atoms with Crippen LogP contribution in [-0.2, 0) is 10.0 Å². The number of hydrogen-bond acceptors (Lipinski definition) is 7. The Balaban J connectivity index is 2.12. The van der Waals surface area contributed by atoms with Crippen molar-refractivity contribution in [2.45, 2.75) is 10.3 Å². The van der Waals surface area contributed by atoms with Gasteiger partial charge in [0.25, 0.3) is 10.0 Å². The van der Waals surface area contributed by atoms with E-state index in [1.165, 1.54) is 11.3 Å².